The quantitative estimate of drug-likeness (QED) is 0.386. The van der Waals surface area contributed by atoms with E-state index < -0.39 is 0 Å². The molecule has 0 heterocycles. The van der Waals surface area contributed by atoms with E-state index in [4.69, 9.17) is 0 Å². The summed E-state index contributed by atoms with van der Waals surface area (Å²) in [6.45, 7) is 6.77. The molecule has 0 aromatic heterocycles. The van der Waals surface area contributed by atoms with Crippen molar-refractivity contribution in [1.29, 1.82) is 0 Å². The molecule has 1 N–H and O–H groups in total. The summed E-state index contributed by atoms with van der Waals surface area (Å²) < 4.78 is 0. The molecule has 0 radical (unpaired) electrons. The normalized spacial score (nSPS) is 13.6. The Labute approximate surface area is 173 Å². The van der Waals surface area contributed by atoms with Gasteiger partial charge in [-0.15, -0.1) is 0 Å². The van der Waals surface area contributed by atoms with Crippen LogP contribution in [0.5, 0.6) is 0 Å². The molecular weight excluding hydrogens is 350 g/mol. The van der Waals surface area contributed by atoms with Crippen molar-refractivity contribution in [2.45, 2.75) is 26.2 Å². The van der Waals surface area contributed by atoms with E-state index >= 15 is 0 Å². The Bertz CT molecular complexity index is 1200. The van der Waals surface area contributed by atoms with Crippen molar-refractivity contribution in [2.75, 3.05) is 5.32 Å². The Morgan fingerprint density at radius 1 is 0.621 bits per heavy atom. The number of rotatable bonds is 3. The Balaban J connectivity index is 1.54. The molecule has 5 rings (SSSR count). The van der Waals surface area contributed by atoms with Crippen LogP contribution < -0.4 is 5.32 Å². The van der Waals surface area contributed by atoms with Crippen molar-refractivity contribution in [2.24, 2.45) is 0 Å². The molecule has 1 aliphatic carbocycles. The van der Waals surface area contributed by atoms with Gasteiger partial charge >= 0.3 is 0 Å². The molecule has 0 amide bonds. The SMILES string of the molecule is Cc1ccc(-c2ccccc2Nc2ccc3c(c2)C(C)(C)c2ccccc2-3)cc1. The van der Waals surface area contributed by atoms with Gasteiger partial charge in [-0.05, 0) is 52.9 Å². The van der Waals surface area contributed by atoms with E-state index in [0.29, 0.717) is 0 Å². The average molecular weight is 376 g/mol. The van der Waals surface area contributed by atoms with Crippen molar-refractivity contribution in [3.05, 3.63) is 108 Å². The van der Waals surface area contributed by atoms with E-state index in [1.807, 2.05) is 0 Å². The lowest BCUT2D eigenvalue weighted by atomic mass is 9.82. The van der Waals surface area contributed by atoms with Crippen LogP contribution in [0.3, 0.4) is 0 Å². The summed E-state index contributed by atoms with van der Waals surface area (Å²) in [6, 6.07) is 32.8. The third kappa shape index (κ3) is 2.94. The van der Waals surface area contributed by atoms with Gasteiger partial charge in [0.25, 0.3) is 0 Å². The highest BCUT2D eigenvalue weighted by atomic mass is 14.9. The molecule has 0 spiro atoms. The fourth-order valence-electron chi connectivity index (χ4n) is 4.51. The predicted octanol–water partition coefficient (Wildman–Crippen LogP) is 7.71. The summed E-state index contributed by atoms with van der Waals surface area (Å²) in [4.78, 5) is 0. The molecule has 0 bridgehead atoms. The van der Waals surface area contributed by atoms with Gasteiger partial charge in [0.2, 0.25) is 0 Å². The summed E-state index contributed by atoms with van der Waals surface area (Å²) in [5.74, 6) is 0. The van der Waals surface area contributed by atoms with Crippen LogP contribution in [-0.2, 0) is 5.41 Å². The Hall–Kier alpha value is -3.32. The standard InChI is InChI=1S/C28H25N/c1-19-12-14-20(15-13-19)22-8-5-7-11-27(22)29-21-16-17-24-23-9-4-6-10-25(23)28(2,3)26(24)18-21/h4-18,29H,1-3H3. The third-order valence-corrected chi connectivity index (χ3v) is 6.15. The first-order valence-corrected chi connectivity index (χ1v) is 10.2. The fraction of sp³-hybridized carbons (Fsp3) is 0.143. The summed E-state index contributed by atoms with van der Waals surface area (Å²) in [6.07, 6.45) is 0. The van der Waals surface area contributed by atoms with Gasteiger partial charge in [0.15, 0.2) is 0 Å². The molecule has 0 saturated heterocycles. The van der Waals surface area contributed by atoms with Crippen molar-refractivity contribution in [1.82, 2.24) is 0 Å². The van der Waals surface area contributed by atoms with Gasteiger partial charge in [0.05, 0.1) is 0 Å². The van der Waals surface area contributed by atoms with Gasteiger partial charge in [0.1, 0.15) is 0 Å². The number of fused-ring (bicyclic) bond motifs is 3. The van der Waals surface area contributed by atoms with Gasteiger partial charge in [-0.25, -0.2) is 0 Å². The topological polar surface area (TPSA) is 12.0 Å². The summed E-state index contributed by atoms with van der Waals surface area (Å²) in [5, 5.41) is 3.68. The van der Waals surface area contributed by atoms with Gasteiger partial charge in [-0.2, -0.15) is 0 Å². The number of benzene rings is 4. The Morgan fingerprint density at radius 2 is 1.28 bits per heavy atom. The molecule has 4 aromatic rings. The maximum Gasteiger partial charge on any atom is 0.0463 e. The number of nitrogens with one attached hydrogen (secondary N) is 1. The molecule has 0 unspecified atom stereocenters. The highest BCUT2D eigenvalue weighted by Crippen LogP contribution is 2.49. The minimum atomic E-state index is 0.0140. The van der Waals surface area contributed by atoms with E-state index in [0.717, 1.165) is 11.4 Å². The second kappa shape index (κ2) is 6.63. The molecular formula is C28H25N. The molecule has 0 saturated carbocycles. The summed E-state index contributed by atoms with van der Waals surface area (Å²) >= 11 is 0. The highest BCUT2D eigenvalue weighted by Gasteiger charge is 2.35. The minimum absolute atomic E-state index is 0.0140. The molecule has 0 aliphatic heterocycles. The zero-order valence-electron chi connectivity index (χ0n) is 17.2. The second-order valence-corrected chi connectivity index (χ2v) is 8.47. The van der Waals surface area contributed by atoms with Gasteiger partial charge in [-0.3, -0.25) is 0 Å². The van der Waals surface area contributed by atoms with Crippen molar-refractivity contribution >= 4 is 11.4 Å². The van der Waals surface area contributed by atoms with Crippen molar-refractivity contribution in [3.8, 4) is 22.3 Å². The predicted molar refractivity (Wildman–Crippen MR) is 124 cm³/mol. The molecule has 1 heteroatoms. The summed E-state index contributed by atoms with van der Waals surface area (Å²) in [7, 11) is 0. The van der Waals surface area contributed by atoms with Crippen molar-refractivity contribution < 1.29 is 0 Å². The number of para-hydroxylation sites is 1. The van der Waals surface area contributed by atoms with Crippen LogP contribution in [0.25, 0.3) is 22.3 Å². The van der Waals surface area contributed by atoms with Crippen LogP contribution in [0.15, 0.2) is 91.0 Å². The lowest BCUT2D eigenvalue weighted by Gasteiger charge is -2.22. The van der Waals surface area contributed by atoms with Crippen molar-refractivity contribution in [3.63, 3.8) is 0 Å². The molecule has 1 aliphatic rings. The maximum atomic E-state index is 3.68. The molecule has 142 valence electrons. The number of aryl methyl sites for hydroxylation is 1. The first-order chi connectivity index (χ1) is 14.0. The number of anilines is 2. The molecule has 0 fully saturated rings. The lowest BCUT2D eigenvalue weighted by molar-refractivity contribution is 0.660. The maximum absolute atomic E-state index is 3.68. The van der Waals surface area contributed by atoms with E-state index in [9.17, 15) is 0 Å². The Kier molecular flexibility index (Phi) is 4.06. The first-order valence-electron chi connectivity index (χ1n) is 10.2. The smallest absolute Gasteiger partial charge is 0.0463 e. The minimum Gasteiger partial charge on any atom is -0.355 e. The van der Waals surface area contributed by atoms with E-state index in [2.05, 4.69) is 117 Å². The van der Waals surface area contributed by atoms with Gasteiger partial charge in [-0.1, -0.05) is 92.2 Å². The average Bonchev–Trinajstić information content (AvgIpc) is 2.97. The van der Waals surface area contributed by atoms with Crippen LogP contribution in [-0.4, -0.2) is 0 Å². The number of hydrogen-bond acceptors (Lipinski definition) is 1. The lowest BCUT2D eigenvalue weighted by Crippen LogP contribution is -2.15. The number of hydrogen-bond donors (Lipinski definition) is 1. The van der Waals surface area contributed by atoms with E-state index in [-0.39, 0.29) is 5.41 Å². The Morgan fingerprint density at radius 3 is 2.07 bits per heavy atom. The molecule has 4 aromatic carbocycles. The van der Waals surface area contributed by atoms with Crippen LogP contribution in [0.1, 0.15) is 30.5 Å². The van der Waals surface area contributed by atoms with E-state index in [1.165, 1.54) is 38.9 Å². The largest absolute Gasteiger partial charge is 0.355 e. The zero-order chi connectivity index (χ0) is 20.0. The molecule has 29 heavy (non-hydrogen) atoms. The molecule has 0 atom stereocenters. The van der Waals surface area contributed by atoms with Crippen LogP contribution in [0, 0.1) is 6.92 Å². The summed E-state index contributed by atoms with van der Waals surface area (Å²) in [5.41, 5.74) is 11.5. The van der Waals surface area contributed by atoms with Crippen LogP contribution in [0.2, 0.25) is 0 Å². The zero-order valence-corrected chi connectivity index (χ0v) is 17.2. The first kappa shape index (κ1) is 17.8. The second-order valence-electron chi connectivity index (χ2n) is 8.47. The van der Waals surface area contributed by atoms with Crippen LogP contribution in [0.4, 0.5) is 11.4 Å². The monoisotopic (exact) mass is 375 g/mol. The third-order valence-electron chi connectivity index (χ3n) is 6.15. The molecule has 1 nitrogen and oxygen atoms in total. The van der Waals surface area contributed by atoms with Gasteiger partial charge in [0, 0.05) is 22.4 Å². The van der Waals surface area contributed by atoms with Crippen LogP contribution >= 0.6 is 0 Å². The van der Waals surface area contributed by atoms with Gasteiger partial charge < -0.3 is 5.32 Å². The van der Waals surface area contributed by atoms with E-state index in [1.54, 1.807) is 0 Å². The highest BCUT2D eigenvalue weighted by molar-refractivity contribution is 5.85. The fourth-order valence-corrected chi connectivity index (χ4v) is 4.51.